The van der Waals surface area contributed by atoms with Gasteiger partial charge < -0.3 is 24.8 Å². The van der Waals surface area contributed by atoms with Crippen LogP contribution in [0.4, 0.5) is 0 Å². The van der Waals surface area contributed by atoms with Crippen LogP contribution in [0, 0.1) is 0 Å². The molecule has 1 aliphatic carbocycles. The van der Waals surface area contributed by atoms with Crippen LogP contribution in [-0.4, -0.2) is 68.6 Å². The van der Waals surface area contributed by atoms with Gasteiger partial charge in [-0.25, -0.2) is 4.99 Å². The Morgan fingerprint density at radius 3 is 2.76 bits per heavy atom. The fourth-order valence-corrected chi connectivity index (χ4v) is 4.15. The summed E-state index contributed by atoms with van der Waals surface area (Å²) in [6.07, 6.45) is 4.94. The fourth-order valence-electron chi connectivity index (χ4n) is 4.15. The van der Waals surface area contributed by atoms with Crippen LogP contribution >= 0.6 is 24.0 Å². The molecule has 0 aromatic heterocycles. The van der Waals surface area contributed by atoms with Crippen molar-refractivity contribution in [3.8, 4) is 0 Å². The van der Waals surface area contributed by atoms with Crippen molar-refractivity contribution in [2.45, 2.75) is 50.7 Å². The third-order valence-corrected chi connectivity index (χ3v) is 5.74. The number of guanidine groups is 1. The summed E-state index contributed by atoms with van der Waals surface area (Å²) < 4.78 is 11.0. The number of methoxy groups -OCH3 is 1. The zero-order chi connectivity index (χ0) is 19.8. The van der Waals surface area contributed by atoms with E-state index in [1.54, 1.807) is 7.11 Å². The van der Waals surface area contributed by atoms with Crippen molar-refractivity contribution in [2.75, 3.05) is 46.5 Å². The van der Waals surface area contributed by atoms with Gasteiger partial charge in [-0.1, -0.05) is 24.3 Å². The lowest BCUT2D eigenvalue weighted by Crippen LogP contribution is -2.47. The summed E-state index contributed by atoms with van der Waals surface area (Å²) in [5, 5.41) is 14.6. The van der Waals surface area contributed by atoms with E-state index in [9.17, 15) is 5.11 Å². The van der Waals surface area contributed by atoms with E-state index in [-0.39, 0.29) is 24.0 Å². The Bertz CT molecular complexity index is 650. The number of halogens is 1. The van der Waals surface area contributed by atoms with E-state index in [0.717, 1.165) is 76.5 Å². The van der Waals surface area contributed by atoms with Gasteiger partial charge in [-0.3, -0.25) is 0 Å². The minimum atomic E-state index is -0.847. The van der Waals surface area contributed by atoms with Crippen LogP contribution < -0.4 is 5.32 Å². The zero-order valence-corrected chi connectivity index (χ0v) is 20.1. The average molecular weight is 517 g/mol. The molecule has 3 rings (SSSR count). The number of aryl methyl sites for hydroxylation is 1. The third-order valence-electron chi connectivity index (χ3n) is 5.74. The molecule has 0 bridgehead atoms. The van der Waals surface area contributed by atoms with Crippen molar-refractivity contribution in [2.24, 2.45) is 4.99 Å². The molecular formula is C22H36IN3O3. The second-order valence-electron chi connectivity index (χ2n) is 7.76. The van der Waals surface area contributed by atoms with Crippen LogP contribution in [0.15, 0.2) is 29.3 Å². The molecule has 0 radical (unpaired) electrons. The number of rotatable bonds is 8. The van der Waals surface area contributed by atoms with Crippen LogP contribution in [0.25, 0.3) is 0 Å². The summed E-state index contributed by atoms with van der Waals surface area (Å²) in [7, 11) is 1.72. The normalized spacial score (nSPS) is 22.3. The smallest absolute Gasteiger partial charge is 0.194 e. The zero-order valence-electron chi connectivity index (χ0n) is 17.7. The highest BCUT2D eigenvalue weighted by molar-refractivity contribution is 14.0. The molecule has 1 atom stereocenters. The van der Waals surface area contributed by atoms with Crippen LogP contribution in [0.5, 0.6) is 0 Å². The summed E-state index contributed by atoms with van der Waals surface area (Å²) in [4.78, 5) is 7.12. The van der Waals surface area contributed by atoms with Crippen LogP contribution in [0.3, 0.4) is 0 Å². The van der Waals surface area contributed by atoms with Crippen LogP contribution in [-0.2, 0) is 21.5 Å². The number of hydrogen-bond acceptors (Lipinski definition) is 4. The SMILES string of the molecule is CCNC(=NCC1(O)CCc2ccccc21)N1CCC(OCCCOC)CC1.I. The van der Waals surface area contributed by atoms with Gasteiger partial charge in [0.15, 0.2) is 5.96 Å². The largest absolute Gasteiger partial charge is 0.385 e. The Morgan fingerprint density at radius 2 is 2.03 bits per heavy atom. The second kappa shape index (κ2) is 12.1. The van der Waals surface area contributed by atoms with Crippen LogP contribution in [0.1, 0.15) is 43.7 Å². The summed E-state index contributed by atoms with van der Waals surface area (Å²) >= 11 is 0. The van der Waals surface area contributed by atoms with Crippen molar-refractivity contribution in [1.29, 1.82) is 0 Å². The van der Waals surface area contributed by atoms with Gasteiger partial charge >= 0.3 is 0 Å². The van der Waals surface area contributed by atoms with E-state index >= 15 is 0 Å². The maximum absolute atomic E-state index is 11.2. The molecule has 2 N–H and O–H groups in total. The van der Waals surface area contributed by atoms with Gasteiger partial charge in [0.05, 0.1) is 12.6 Å². The predicted molar refractivity (Wildman–Crippen MR) is 127 cm³/mol. The summed E-state index contributed by atoms with van der Waals surface area (Å²) in [6, 6.07) is 8.19. The minimum Gasteiger partial charge on any atom is -0.385 e. The van der Waals surface area contributed by atoms with Crippen molar-refractivity contribution in [3.05, 3.63) is 35.4 Å². The molecule has 1 heterocycles. The number of aliphatic hydroxyl groups is 1. The topological polar surface area (TPSA) is 66.3 Å². The van der Waals surface area contributed by atoms with E-state index < -0.39 is 5.60 Å². The first-order valence-electron chi connectivity index (χ1n) is 10.6. The van der Waals surface area contributed by atoms with Gasteiger partial charge in [-0.15, -0.1) is 24.0 Å². The highest BCUT2D eigenvalue weighted by atomic mass is 127. The molecule has 1 aromatic carbocycles. The molecular weight excluding hydrogens is 481 g/mol. The molecule has 2 aliphatic rings. The molecule has 1 aromatic rings. The van der Waals surface area contributed by atoms with E-state index in [4.69, 9.17) is 14.5 Å². The van der Waals surface area contributed by atoms with Gasteiger partial charge in [0.1, 0.15) is 5.60 Å². The molecule has 1 saturated heterocycles. The average Bonchev–Trinajstić information content (AvgIpc) is 3.06. The number of fused-ring (bicyclic) bond motifs is 1. The maximum Gasteiger partial charge on any atom is 0.194 e. The highest BCUT2D eigenvalue weighted by Gasteiger charge is 2.36. The number of likely N-dealkylation sites (tertiary alicyclic amines) is 1. The van der Waals surface area contributed by atoms with E-state index in [1.807, 2.05) is 18.2 Å². The molecule has 1 fully saturated rings. The second-order valence-corrected chi connectivity index (χ2v) is 7.76. The van der Waals surface area contributed by atoms with Crippen molar-refractivity contribution in [1.82, 2.24) is 10.2 Å². The Labute approximate surface area is 192 Å². The van der Waals surface area contributed by atoms with Crippen LogP contribution in [0.2, 0.25) is 0 Å². The number of benzene rings is 1. The Balaban J connectivity index is 0.00000300. The van der Waals surface area contributed by atoms with E-state index in [0.29, 0.717) is 12.6 Å². The number of hydrogen-bond donors (Lipinski definition) is 2. The lowest BCUT2D eigenvalue weighted by atomic mass is 9.96. The number of aliphatic imine (C=N–C) groups is 1. The number of ether oxygens (including phenoxy) is 2. The monoisotopic (exact) mass is 517 g/mol. The first-order valence-corrected chi connectivity index (χ1v) is 10.6. The molecule has 29 heavy (non-hydrogen) atoms. The minimum absolute atomic E-state index is 0. The standard InChI is InChI=1S/C22H35N3O3.HI/c1-3-23-21(25-13-10-19(11-14-25)28-16-6-15-27-2)24-17-22(26)12-9-18-7-4-5-8-20(18)22;/h4-5,7-8,19,26H,3,6,9-17H2,1-2H3,(H,23,24);1H. The first kappa shape index (κ1) is 24.4. The summed E-state index contributed by atoms with van der Waals surface area (Å²) in [5.74, 6) is 0.901. The first-order chi connectivity index (χ1) is 13.7. The van der Waals surface area contributed by atoms with E-state index in [1.165, 1.54) is 5.56 Å². The van der Waals surface area contributed by atoms with Crippen molar-refractivity contribution in [3.63, 3.8) is 0 Å². The fraction of sp³-hybridized carbons (Fsp3) is 0.682. The number of nitrogens with one attached hydrogen (secondary N) is 1. The Kier molecular flexibility index (Phi) is 10.1. The maximum atomic E-state index is 11.2. The van der Waals surface area contributed by atoms with Gasteiger partial charge in [-0.05, 0) is 50.2 Å². The molecule has 0 saturated carbocycles. The van der Waals surface area contributed by atoms with Crippen molar-refractivity contribution >= 4 is 29.9 Å². The Morgan fingerprint density at radius 1 is 1.28 bits per heavy atom. The molecule has 0 spiro atoms. The molecule has 1 aliphatic heterocycles. The van der Waals surface area contributed by atoms with Gasteiger partial charge in [0.25, 0.3) is 0 Å². The number of piperidine rings is 1. The molecule has 7 heteroatoms. The number of nitrogens with zero attached hydrogens (tertiary/aromatic N) is 2. The molecule has 0 amide bonds. The van der Waals surface area contributed by atoms with Crippen molar-refractivity contribution < 1.29 is 14.6 Å². The third kappa shape index (κ3) is 6.54. The molecule has 164 valence electrons. The lowest BCUT2D eigenvalue weighted by molar-refractivity contribution is 0.00961. The van der Waals surface area contributed by atoms with Gasteiger partial charge in [-0.2, -0.15) is 0 Å². The van der Waals surface area contributed by atoms with Gasteiger partial charge in [0.2, 0.25) is 0 Å². The predicted octanol–water partition coefficient (Wildman–Crippen LogP) is 2.92. The molecule has 6 nitrogen and oxygen atoms in total. The molecule has 1 unspecified atom stereocenters. The lowest BCUT2D eigenvalue weighted by Gasteiger charge is -2.34. The summed E-state index contributed by atoms with van der Waals surface area (Å²) in [6.45, 7) is 6.68. The quantitative estimate of drug-likeness (QED) is 0.240. The Hall–Kier alpha value is -0.900. The highest BCUT2D eigenvalue weighted by Crippen LogP contribution is 2.36. The van der Waals surface area contributed by atoms with E-state index in [2.05, 4.69) is 23.2 Å². The van der Waals surface area contributed by atoms with Gasteiger partial charge in [0, 0.05) is 40.0 Å². The summed E-state index contributed by atoms with van der Waals surface area (Å²) in [5.41, 5.74) is 1.44.